The van der Waals surface area contributed by atoms with Gasteiger partial charge < -0.3 is 4.42 Å². The van der Waals surface area contributed by atoms with Crippen molar-refractivity contribution in [2.75, 3.05) is 0 Å². The maximum atomic E-state index is 13.1. The van der Waals surface area contributed by atoms with Crippen LogP contribution in [-0.4, -0.2) is 19.7 Å². The van der Waals surface area contributed by atoms with Gasteiger partial charge in [0.05, 0.1) is 16.7 Å². The van der Waals surface area contributed by atoms with E-state index in [0.29, 0.717) is 41.0 Å². The van der Waals surface area contributed by atoms with E-state index in [1.807, 2.05) is 31.2 Å². The number of aromatic nitrogens is 4. The van der Waals surface area contributed by atoms with Crippen molar-refractivity contribution < 1.29 is 4.42 Å². The molecule has 0 aliphatic heterocycles. The third-order valence-corrected chi connectivity index (χ3v) is 5.97. The number of para-hydroxylation sites is 1. The number of rotatable bonds is 7. The summed E-state index contributed by atoms with van der Waals surface area (Å²) in [7, 11) is 0. The van der Waals surface area contributed by atoms with Gasteiger partial charge >= 0.3 is 0 Å². The Kier molecular flexibility index (Phi) is 5.90. The zero-order valence-corrected chi connectivity index (χ0v) is 16.9. The van der Waals surface area contributed by atoms with Gasteiger partial charge in [-0.2, -0.15) is 0 Å². The highest BCUT2D eigenvalue weighted by Gasteiger charge is 2.14. The average molecular weight is 397 g/mol. The summed E-state index contributed by atoms with van der Waals surface area (Å²) >= 11 is 1.48. The molecule has 1 aliphatic rings. The topological polar surface area (TPSA) is 73.8 Å². The van der Waals surface area contributed by atoms with E-state index in [2.05, 4.69) is 16.3 Å². The molecular formula is C21H24N4O2S. The molecule has 3 aromatic rings. The van der Waals surface area contributed by atoms with Crippen molar-refractivity contribution in [1.29, 1.82) is 0 Å². The van der Waals surface area contributed by atoms with E-state index in [1.165, 1.54) is 30.2 Å². The van der Waals surface area contributed by atoms with Gasteiger partial charge in [-0.25, -0.2) is 4.98 Å². The standard InChI is InChI=1S/C21H24N4O2S/c1-2-18-23-24-19(27-18)14-28-21-22-17-11-7-6-10-16(17)20(26)25(21)13-12-15-8-4-3-5-9-15/h6-8,10-11H,2-5,9,12-14H2,1H3. The number of thioether (sulfide) groups is 1. The number of hydrogen-bond acceptors (Lipinski definition) is 6. The lowest BCUT2D eigenvalue weighted by Gasteiger charge is -2.16. The Balaban J connectivity index is 1.62. The molecule has 7 heteroatoms. The molecule has 0 amide bonds. The fourth-order valence-corrected chi connectivity index (χ4v) is 4.32. The van der Waals surface area contributed by atoms with Gasteiger partial charge in [0, 0.05) is 13.0 Å². The lowest BCUT2D eigenvalue weighted by atomic mass is 9.97. The Morgan fingerprint density at radius 2 is 2.04 bits per heavy atom. The first-order valence-electron chi connectivity index (χ1n) is 9.86. The molecule has 1 aliphatic carbocycles. The minimum atomic E-state index is 0.0179. The van der Waals surface area contributed by atoms with Crippen molar-refractivity contribution in [3.8, 4) is 0 Å². The van der Waals surface area contributed by atoms with Crippen molar-refractivity contribution in [1.82, 2.24) is 19.7 Å². The van der Waals surface area contributed by atoms with Crippen LogP contribution in [0.2, 0.25) is 0 Å². The fraction of sp³-hybridized carbons (Fsp3) is 0.429. The molecule has 0 N–H and O–H groups in total. The molecule has 0 saturated carbocycles. The summed E-state index contributed by atoms with van der Waals surface area (Å²) in [6.07, 6.45) is 8.75. The van der Waals surface area contributed by atoms with Crippen LogP contribution >= 0.6 is 11.8 Å². The zero-order valence-electron chi connectivity index (χ0n) is 16.1. The Bertz CT molecular complexity index is 1050. The molecule has 0 fully saturated rings. The van der Waals surface area contributed by atoms with Gasteiger partial charge in [0.15, 0.2) is 5.16 Å². The largest absolute Gasteiger partial charge is 0.424 e. The van der Waals surface area contributed by atoms with Gasteiger partial charge in [0.2, 0.25) is 11.8 Å². The monoisotopic (exact) mass is 396 g/mol. The van der Waals surface area contributed by atoms with Gasteiger partial charge in [-0.1, -0.05) is 42.5 Å². The van der Waals surface area contributed by atoms with E-state index in [1.54, 1.807) is 4.57 Å². The van der Waals surface area contributed by atoms with Crippen LogP contribution in [-0.2, 0) is 18.7 Å². The fourth-order valence-electron chi connectivity index (χ4n) is 3.46. The van der Waals surface area contributed by atoms with Gasteiger partial charge in [-0.15, -0.1) is 10.2 Å². The highest BCUT2D eigenvalue weighted by Crippen LogP contribution is 2.24. The smallest absolute Gasteiger partial charge is 0.262 e. The molecule has 1 aromatic carbocycles. The van der Waals surface area contributed by atoms with Gasteiger partial charge in [0.25, 0.3) is 5.56 Å². The van der Waals surface area contributed by atoms with E-state index >= 15 is 0 Å². The molecule has 146 valence electrons. The Hall–Kier alpha value is -2.41. The maximum absolute atomic E-state index is 13.1. The van der Waals surface area contributed by atoms with Crippen LogP contribution < -0.4 is 5.56 Å². The van der Waals surface area contributed by atoms with Crippen molar-refractivity contribution in [2.45, 2.75) is 62.9 Å². The molecule has 2 aromatic heterocycles. The first-order chi connectivity index (χ1) is 13.7. The molecule has 2 heterocycles. The predicted octanol–water partition coefficient (Wildman–Crippen LogP) is 4.52. The third kappa shape index (κ3) is 4.19. The van der Waals surface area contributed by atoms with Crippen LogP contribution in [0.4, 0.5) is 0 Å². The number of nitrogens with zero attached hydrogens (tertiary/aromatic N) is 4. The highest BCUT2D eigenvalue weighted by molar-refractivity contribution is 7.98. The lowest BCUT2D eigenvalue weighted by molar-refractivity contribution is 0.469. The second-order valence-electron chi connectivity index (χ2n) is 6.96. The lowest BCUT2D eigenvalue weighted by Crippen LogP contribution is -2.24. The molecule has 6 nitrogen and oxygen atoms in total. The number of hydrogen-bond donors (Lipinski definition) is 0. The number of benzene rings is 1. The summed E-state index contributed by atoms with van der Waals surface area (Å²) < 4.78 is 7.41. The van der Waals surface area contributed by atoms with Crippen molar-refractivity contribution in [3.63, 3.8) is 0 Å². The molecule has 0 unspecified atom stereocenters. The molecule has 0 atom stereocenters. The van der Waals surface area contributed by atoms with E-state index in [9.17, 15) is 4.79 Å². The van der Waals surface area contributed by atoms with E-state index in [4.69, 9.17) is 9.40 Å². The predicted molar refractivity (Wildman–Crippen MR) is 110 cm³/mol. The minimum Gasteiger partial charge on any atom is -0.424 e. The van der Waals surface area contributed by atoms with Gasteiger partial charge in [-0.3, -0.25) is 9.36 Å². The molecule has 28 heavy (non-hydrogen) atoms. The summed E-state index contributed by atoms with van der Waals surface area (Å²) in [6.45, 7) is 2.63. The van der Waals surface area contributed by atoms with Crippen LogP contribution in [0.15, 0.2) is 50.3 Å². The van der Waals surface area contributed by atoms with Crippen LogP contribution in [0.25, 0.3) is 10.9 Å². The summed E-state index contributed by atoms with van der Waals surface area (Å²) in [5.41, 5.74) is 2.19. The second-order valence-corrected chi connectivity index (χ2v) is 7.90. The summed E-state index contributed by atoms with van der Waals surface area (Å²) in [4.78, 5) is 17.9. The molecule has 4 rings (SSSR count). The van der Waals surface area contributed by atoms with Crippen molar-refractivity contribution in [3.05, 3.63) is 58.0 Å². The molecular weight excluding hydrogens is 372 g/mol. The normalized spacial score (nSPS) is 14.4. The summed E-state index contributed by atoms with van der Waals surface area (Å²) in [5, 5.41) is 9.45. The molecule has 0 spiro atoms. The second kappa shape index (κ2) is 8.73. The molecule has 0 bridgehead atoms. The maximum Gasteiger partial charge on any atom is 0.262 e. The van der Waals surface area contributed by atoms with Gasteiger partial charge in [0.1, 0.15) is 0 Å². The minimum absolute atomic E-state index is 0.0179. The molecule has 0 saturated heterocycles. The first-order valence-corrected chi connectivity index (χ1v) is 10.8. The van der Waals surface area contributed by atoms with Crippen LogP contribution in [0, 0.1) is 0 Å². The van der Waals surface area contributed by atoms with E-state index in [0.717, 1.165) is 24.8 Å². The quantitative estimate of drug-likeness (QED) is 0.332. The SMILES string of the molecule is CCc1nnc(CSc2nc3ccccc3c(=O)n2CCC2=CCCCC2)o1. The summed E-state index contributed by atoms with van der Waals surface area (Å²) in [6, 6.07) is 7.53. The molecule has 0 radical (unpaired) electrons. The number of aryl methyl sites for hydroxylation is 1. The van der Waals surface area contributed by atoms with Crippen LogP contribution in [0.5, 0.6) is 0 Å². The van der Waals surface area contributed by atoms with E-state index < -0.39 is 0 Å². The van der Waals surface area contributed by atoms with Crippen LogP contribution in [0.3, 0.4) is 0 Å². The van der Waals surface area contributed by atoms with Crippen molar-refractivity contribution >= 4 is 22.7 Å². The average Bonchev–Trinajstić information content (AvgIpc) is 3.21. The summed E-state index contributed by atoms with van der Waals surface area (Å²) in [5.74, 6) is 1.69. The Morgan fingerprint density at radius 3 is 2.82 bits per heavy atom. The first kappa shape index (κ1) is 18.9. The Labute approximate surface area is 168 Å². The third-order valence-electron chi connectivity index (χ3n) is 5.00. The number of allylic oxidation sites excluding steroid dienone is 2. The van der Waals surface area contributed by atoms with Crippen molar-refractivity contribution in [2.24, 2.45) is 0 Å². The Morgan fingerprint density at radius 1 is 1.18 bits per heavy atom. The zero-order chi connectivity index (χ0) is 19.3. The van der Waals surface area contributed by atoms with Gasteiger partial charge in [-0.05, 0) is 44.2 Å². The number of fused-ring (bicyclic) bond motifs is 1. The highest BCUT2D eigenvalue weighted by atomic mass is 32.2. The van der Waals surface area contributed by atoms with Crippen LogP contribution in [0.1, 0.15) is 50.8 Å². The van der Waals surface area contributed by atoms with E-state index in [-0.39, 0.29) is 5.56 Å².